The molecule has 7 nitrogen and oxygen atoms in total. The molecule has 116 valence electrons. The first-order valence-electron chi connectivity index (χ1n) is 7.21. The molecule has 1 aromatic carbocycles. The maximum absolute atomic E-state index is 12.6. The van der Waals surface area contributed by atoms with E-state index in [0.29, 0.717) is 16.9 Å². The highest BCUT2D eigenvalue weighted by molar-refractivity contribution is 5.79. The fraction of sp³-hybridized carbons (Fsp3) is 0.400. The van der Waals surface area contributed by atoms with Crippen LogP contribution < -0.4 is 10.5 Å². The average molecular weight is 302 g/mol. The lowest BCUT2D eigenvalue weighted by atomic mass is 10.2. The van der Waals surface area contributed by atoms with Gasteiger partial charge in [-0.2, -0.15) is 0 Å². The summed E-state index contributed by atoms with van der Waals surface area (Å²) in [5, 5.41) is 9.56. The second kappa shape index (κ2) is 5.76. The van der Waals surface area contributed by atoms with Crippen molar-refractivity contribution in [2.75, 3.05) is 38.1 Å². The summed E-state index contributed by atoms with van der Waals surface area (Å²) in [6, 6.07) is 7.04. The standard InChI is InChI=1S/C15H18N4O3/c1-17-6-8-18(9-7-17)15-16-12-5-3-2-4-11(12)14(22)19(15)10-13(20)21/h2-5H,6-10H2,1H3,(H,20,21). The number of hydrogen-bond donors (Lipinski definition) is 1. The van der Waals surface area contributed by atoms with Gasteiger partial charge in [0.2, 0.25) is 5.95 Å². The van der Waals surface area contributed by atoms with E-state index in [2.05, 4.69) is 9.88 Å². The van der Waals surface area contributed by atoms with Crippen LogP contribution in [-0.2, 0) is 11.3 Å². The molecule has 2 heterocycles. The molecule has 0 bridgehead atoms. The number of carbonyl (C=O) groups is 1. The van der Waals surface area contributed by atoms with Crippen molar-refractivity contribution < 1.29 is 9.90 Å². The first kappa shape index (κ1) is 14.5. The van der Waals surface area contributed by atoms with Gasteiger partial charge in [0.05, 0.1) is 10.9 Å². The molecule has 0 amide bonds. The van der Waals surface area contributed by atoms with Gasteiger partial charge in [-0.05, 0) is 19.2 Å². The van der Waals surface area contributed by atoms with Gasteiger partial charge in [-0.15, -0.1) is 0 Å². The quantitative estimate of drug-likeness (QED) is 0.874. The predicted molar refractivity (Wildman–Crippen MR) is 83.3 cm³/mol. The maximum Gasteiger partial charge on any atom is 0.323 e. The van der Waals surface area contributed by atoms with Crippen molar-refractivity contribution in [3.05, 3.63) is 34.6 Å². The molecule has 1 saturated heterocycles. The highest BCUT2D eigenvalue weighted by Crippen LogP contribution is 2.16. The summed E-state index contributed by atoms with van der Waals surface area (Å²) >= 11 is 0. The molecule has 1 N–H and O–H groups in total. The summed E-state index contributed by atoms with van der Waals surface area (Å²) in [7, 11) is 2.04. The molecular weight excluding hydrogens is 284 g/mol. The van der Waals surface area contributed by atoms with Gasteiger partial charge in [-0.25, -0.2) is 4.98 Å². The monoisotopic (exact) mass is 302 g/mol. The van der Waals surface area contributed by atoms with Crippen LogP contribution in [0.1, 0.15) is 0 Å². The number of anilines is 1. The molecule has 1 fully saturated rings. The van der Waals surface area contributed by atoms with Crippen molar-refractivity contribution in [1.82, 2.24) is 14.5 Å². The van der Waals surface area contributed by atoms with E-state index < -0.39 is 5.97 Å². The van der Waals surface area contributed by atoms with Crippen LogP contribution in [0.25, 0.3) is 10.9 Å². The second-order valence-electron chi connectivity index (χ2n) is 5.50. The molecule has 1 aliphatic heterocycles. The highest BCUT2D eigenvalue weighted by Gasteiger charge is 2.21. The van der Waals surface area contributed by atoms with E-state index in [9.17, 15) is 9.59 Å². The Morgan fingerprint density at radius 3 is 2.59 bits per heavy atom. The topological polar surface area (TPSA) is 78.7 Å². The lowest BCUT2D eigenvalue weighted by molar-refractivity contribution is -0.137. The number of fused-ring (bicyclic) bond motifs is 1. The summed E-state index contributed by atoms with van der Waals surface area (Å²) in [5.41, 5.74) is 0.296. The Labute approximate surface area is 127 Å². The molecule has 22 heavy (non-hydrogen) atoms. The molecule has 1 aliphatic rings. The second-order valence-corrected chi connectivity index (χ2v) is 5.50. The number of aliphatic carboxylic acids is 1. The summed E-state index contributed by atoms with van der Waals surface area (Å²) in [4.78, 5) is 32.5. The molecule has 1 aromatic heterocycles. The normalized spacial score (nSPS) is 16.1. The van der Waals surface area contributed by atoms with Gasteiger partial charge in [-0.1, -0.05) is 12.1 Å². The Hall–Kier alpha value is -2.41. The number of carboxylic acid groups (broad SMARTS) is 1. The van der Waals surface area contributed by atoms with Crippen LogP contribution in [0.2, 0.25) is 0 Å². The number of likely N-dealkylation sites (N-methyl/N-ethyl adjacent to an activating group) is 1. The van der Waals surface area contributed by atoms with E-state index in [-0.39, 0.29) is 12.1 Å². The van der Waals surface area contributed by atoms with E-state index in [4.69, 9.17) is 5.11 Å². The fourth-order valence-electron chi connectivity index (χ4n) is 2.68. The Morgan fingerprint density at radius 1 is 1.23 bits per heavy atom. The van der Waals surface area contributed by atoms with Crippen molar-refractivity contribution in [2.24, 2.45) is 0 Å². The summed E-state index contributed by atoms with van der Waals surface area (Å²) in [6.07, 6.45) is 0. The molecular formula is C15H18N4O3. The minimum absolute atomic E-state index is 0.304. The van der Waals surface area contributed by atoms with E-state index in [1.54, 1.807) is 18.2 Å². The van der Waals surface area contributed by atoms with E-state index in [0.717, 1.165) is 26.2 Å². The Morgan fingerprint density at radius 2 is 1.91 bits per heavy atom. The summed E-state index contributed by atoms with van der Waals surface area (Å²) < 4.78 is 1.26. The third kappa shape index (κ3) is 2.67. The van der Waals surface area contributed by atoms with Crippen molar-refractivity contribution in [1.29, 1.82) is 0 Å². The van der Waals surface area contributed by atoms with Crippen LogP contribution >= 0.6 is 0 Å². The zero-order valence-corrected chi connectivity index (χ0v) is 12.4. The maximum atomic E-state index is 12.6. The van der Waals surface area contributed by atoms with Crippen LogP contribution in [0.15, 0.2) is 29.1 Å². The Bertz CT molecular complexity index is 763. The zero-order valence-electron chi connectivity index (χ0n) is 12.4. The van der Waals surface area contributed by atoms with Crippen LogP contribution in [0.4, 0.5) is 5.95 Å². The van der Waals surface area contributed by atoms with E-state index in [1.165, 1.54) is 4.57 Å². The van der Waals surface area contributed by atoms with Crippen LogP contribution in [0.3, 0.4) is 0 Å². The number of rotatable bonds is 3. The molecule has 0 aliphatic carbocycles. The minimum Gasteiger partial charge on any atom is -0.480 e. The molecule has 3 rings (SSSR count). The number of nitrogens with zero attached hydrogens (tertiary/aromatic N) is 4. The van der Waals surface area contributed by atoms with E-state index in [1.807, 2.05) is 18.0 Å². The fourth-order valence-corrected chi connectivity index (χ4v) is 2.68. The molecule has 0 saturated carbocycles. The van der Waals surface area contributed by atoms with Gasteiger partial charge in [0.1, 0.15) is 6.54 Å². The molecule has 0 atom stereocenters. The minimum atomic E-state index is -1.05. The van der Waals surface area contributed by atoms with Crippen molar-refractivity contribution in [3.8, 4) is 0 Å². The molecule has 0 spiro atoms. The van der Waals surface area contributed by atoms with Gasteiger partial charge in [0.25, 0.3) is 5.56 Å². The third-order valence-corrected chi connectivity index (χ3v) is 3.92. The Balaban J connectivity index is 2.14. The van der Waals surface area contributed by atoms with Gasteiger partial charge < -0.3 is 14.9 Å². The number of benzene rings is 1. The van der Waals surface area contributed by atoms with Crippen LogP contribution in [-0.4, -0.2) is 58.8 Å². The van der Waals surface area contributed by atoms with Gasteiger partial charge >= 0.3 is 5.97 Å². The molecule has 2 aromatic rings. The largest absolute Gasteiger partial charge is 0.480 e. The van der Waals surface area contributed by atoms with Crippen LogP contribution in [0, 0.1) is 0 Å². The molecule has 0 radical (unpaired) electrons. The van der Waals surface area contributed by atoms with Crippen molar-refractivity contribution in [2.45, 2.75) is 6.54 Å². The first-order valence-corrected chi connectivity index (χ1v) is 7.21. The van der Waals surface area contributed by atoms with Gasteiger partial charge in [0.15, 0.2) is 0 Å². The molecule has 0 unspecified atom stereocenters. The van der Waals surface area contributed by atoms with Crippen molar-refractivity contribution >= 4 is 22.8 Å². The van der Waals surface area contributed by atoms with E-state index >= 15 is 0 Å². The predicted octanol–water partition coefficient (Wildman–Crippen LogP) is 0.233. The van der Waals surface area contributed by atoms with Gasteiger partial charge in [0, 0.05) is 26.2 Å². The zero-order chi connectivity index (χ0) is 15.7. The third-order valence-electron chi connectivity index (χ3n) is 3.92. The summed E-state index contributed by atoms with van der Waals surface area (Å²) in [5.74, 6) is -0.603. The Kier molecular flexibility index (Phi) is 3.81. The number of aromatic nitrogens is 2. The smallest absolute Gasteiger partial charge is 0.323 e. The average Bonchev–Trinajstić information content (AvgIpc) is 2.50. The number of para-hydroxylation sites is 1. The number of piperazine rings is 1. The van der Waals surface area contributed by atoms with Gasteiger partial charge in [-0.3, -0.25) is 14.2 Å². The number of carboxylic acids is 1. The lowest BCUT2D eigenvalue weighted by Crippen LogP contribution is -2.47. The van der Waals surface area contributed by atoms with Crippen molar-refractivity contribution in [3.63, 3.8) is 0 Å². The van der Waals surface area contributed by atoms with Crippen LogP contribution in [0.5, 0.6) is 0 Å². The lowest BCUT2D eigenvalue weighted by Gasteiger charge is -2.34. The first-order chi connectivity index (χ1) is 10.6. The SMILES string of the molecule is CN1CCN(c2nc3ccccc3c(=O)n2CC(=O)O)CC1. The highest BCUT2D eigenvalue weighted by atomic mass is 16.4. The molecule has 7 heteroatoms. The number of hydrogen-bond acceptors (Lipinski definition) is 5. The summed E-state index contributed by atoms with van der Waals surface area (Å²) in [6.45, 7) is 2.78.